The van der Waals surface area contributed by atoms with E-state index in [1.165, 1.54) is 0 Å². The number of H-pyrrole nitrogens is 1. The zero-order chi connectivity index (χ0) is 19.4. The van der Waals surface area contributed by atoms with Crippen LogP contribution in [-0.4, -0.2) is 24.5 Å². The highest BCUT2D eigenvalue weighted by atomic mass is 16.5. The van der Waals surface area contributed by atoms with Gasteiger partial charge in [-0.15, -0.1) is 0 Å². The average molecular weight is 364 g/mol. The number of carbonyl (C=O) groups is 1. The third-order valence-electron chi connectivity index (χ3n) is 4.84. The van der Waals surface area contributed by atoms with E-state index in [0.717, 1.165) is 33.3 Å². The van der Waals surface area contributed by atoms with Crippen LogP contribution < -0.4 is 15.6 Å². The molecule has 2 aromatic carbocycles. The summed E-state index contributed by atoms with van der Waals surface area (Å²) >= 11 is 0. The van der Waals surface area contributed by atoms with Crippen LogP contribution in [0.25, 0.3) is 10.9 Å². The van der Waals surface area contributed by atoms with Crippen LogP contribution in [0.4, 0.5) is 0 Å². The molecule has 0 aliphatic rings. The smallest absolute Gasteiger partial charge is 0.251 e. The molecule has 5 nitrogen and oxygen atoms in total. The molecule has 0 unspecified atom stereocenters. The van der Waals surface area contributed by atoms with Crippen LogP contribution in [0.3, 0.4) is 0 Å². The van der Waals surface area contributed by atoms with Gasteiger partial charge in [-0.25, -0.2) is 0 Å². The van der Waals surface area contributed by atoms with E-state index in [0.29, 0.717) is 18.5 Å². The lowest BCUT2D eigenvalue weighted by molar-refractivity contribution is -0.120. The van der Waals surface area contributed by atoms with Crippen LogP contribution in [0.1, 0.15) is 22.3 Å². The second kappa shape index (κ2) is 8.08. The van der Waals surface area contributed by atoms with Crippen molar-refractivity contribution >= 4 is 16.8 Å². The molecule has 1 amide bonds. The number of ether oxygens (including phenoxy) is 1. The maximum absolute atomic E-state index is 12.4. The summed E-state index contributed by atoms with van der Waals surface area (Å²) in [4.78, 5) is 27.5. The number of hydrogen-bond acceptors (Lipinski definition) is 3. The molecular weight excluding hydrogens is 340 g/mol. The molecular formula is C22H24N2O3. The lowest BCUT2D eigenvalue weighted by Gasteiger charge is -2.09. The molecule has 3 rings (SSSR count). The lowest BCUT2D eigenvalue weighted by Crippen LogP contribution is -2.28. The maximum Gasteiger partial charge on any atom is 0.251 e. The van der Waals surface area contributed by atoms with Crippen molar-refractivity contribution in [3.8, 4) is 5.75 Å². The zero-order valence-corrected chi connectivity index (χ0v) is 15.9. The van der Waals surface area contributed by atoms with Gasteiger partial charge in [-0.05, 0) is 60.5 Å². The van der Waals surface area contributed by atoms with Gasteiger partial charge < -0.3 is 15.0 Å². The van der Waals surface area contributed by atoms with E-state index in [4.69, 9.17) is 4.74 Å². The van der Waals surface area contributed by atoms with E-state index in [1.807, 2.05) is 50.2 Å². The second-order valence-corrected chi connectivity index (χ2v) is 6.72. The highest BCUT2D eigenvalue weighted by Gasteiger charge is 2.08. The number of aryl methyl sites for hydroxylation is 2. The number of pyridine rings is 1. The number of hydrogen-bond donors (Lipinski definition) is 2. The molecule has 1 aromatic heterocycles. The fourth-order valence-corrected chi connectivity index (χ4v) is 3.12. The molecule has 1 heterocycles. The predicted molar refractivity (Wildman–Crippen MR) is 107 cm³/mol. The monoisotopic (exact) mass is 364 g/mol. The summed E-state index contributed by atoms with van der Waals surface area (Å²) in [6.07, 6.45) is 0.770. The minimum absolute atomic E-state index is 0.0769. The summed E-state index contributed by atoms with van der Waals surface area (Å²) in [5.74, 6) is 0.653. The summed E-state index contributed by atoms with van der Waals surface area (Å²) in [5, 5.41) is 3.89. The highest BCUT2D eigenvalue weighted by Crippen LogP contribution is 2.19. The van der Waals surface area contributed by atoms with Crippen molar-refractivity contribution in [3.63, 3.8) is 0 Å². The lowest BCUT2D eigenvalue weighted by atomic mass is 10.0. The van der Waals surface area contributed by atoms with Crippen molar-refractivity contribution < 1.29 is 9.53 Å². The number of aromatic nitrogens is 1. The first kappa shape index (κ1) is 18.7. The van der Waals surface area contributed by atoms with E-state index in [9.17, 15) is 9.59 Å². The Balaban J connectivity index is 1.63. The fraction of sp³-hybridized carbons (Fsp3) is 0.273. The van der Waals surface area contributed by atoms with Crippen molar-refractivity contribution in [2.75, 3.05) is 13.7 Å². The first-order chi connectivity index (χ1) is 13.0. The number of rotatable bonds is 6. The molecule has 27 heavy (non-hydrogen) atoms. The molecule has 0 saturated carbocycles. The van der Waals surface area contributed by atoms with Crippen molar-refractivity contribution in [1.29, 1.82) is 0 Å². The minimum atomic E-state index is -0.0988. The number of aromatic amines is 1. The molecule has 0 spiro atoms. The number of nitrogens with one attached hydrogen (secondary N) is 2. The Labute approximate surface area is 158 Å². The van der Waals surface area contributed by atoms with Gasteiger partial charge in [-0.3, -0.25) is 9.59 Å². The summed E-state index contributed by atoms with van der Waals surface area (Å²) < 4.78 is 5.17. The molecule has 0 aliphatic carbocycles. The van der Waals surface area contributed by atoms with E-state index in [2.05, 4.69) is 16.4 Å². The molecule has 0 saturated heterocycles. The topological polar surface area (TPSA) is 71.2 Å². The molecule has 0 fully saturated rings. The van der Waals surface area contributed by atoms with Gasteiger partial charge in [0.1, 0.15) is 5.75 Å². The highest BCUT2D eigenvalue weighted by molar-refractivity contribution is 5.83. The number of fused-ring (bicyclic) bond motifs is 1. The normalized spacial score (nSPS) is 10.8. The SMILES string of the molecule is COc1cccc(CC(=O)NCCc2cc3ccc(C)c(C)c3[nH]c2=O)c1. The van der Waals surface area contributed by atoms with Gasteiger partial charge in [0.05, 0.1) is 19.0 Å². The Hall–Kier alpha value is -3.08. The summed E-state index contributed by atoms with van der Waals surface area (Å²) in [6.45, 7) is 4.45. The van der Waals surface area contributed by atoms with Crippen LogP contribution in [0.2, 0.25) is 0 Å². The van der Waals surface area contributed by atoms with Crippen LogP contribution in [0.15, 0.2) is 47.3 Å². The van der Waals surface area contributed by atoms with Crippen LogP contribution >= 0.6 is 0 Å². The Morgan fingerprint density at radius 1 is 1.15 bits per heavy atom. The molecule has 0 bridgehead atoms. The summed E-state index contributed by atoms with van der Waals surface area (Å²) in [5.41, 5.74) is 4.58. The molecule has 0 aliphatic heterocycles. The molecule has 140 valence electrons. The summed E-state index contributed by atoms with van der Waals surface area (Å²) in [7, 11) is 1.60. The van der Waals surface area contributed by atoms with E-state index in [1.54, 1.807) is 7.11 Å². The Kier molecular flexibility index (Phi) is 5.60. The van der Waals surface area contributed by atoms with Crippen molar-refractivity contribution in [2.45, 2.75) is 26.7 Å². The number of amides is 1. The quantitative estimate of drug-likeness (QED) is 0.706. The molecule has 2 N–H and O–H groups in total. The molecule has 0 radical (unpaired) electrons. The Bertz CT molecular complexity index is 1040. The standard InChI is InChI=1S/C22H24N2O3/c1-14-7-8-17-13-18(22(26)24-21(17)15(14)2)9-10-23-20(25)12-16-5-4-6-19(11-16)27-3/h4-8,11,13H,9-10,12H2,1-3H3,(H,23,25)(H,24,26). The second-order valence-electron chi connectivity index (χ2n) is 6.72. The zero-order valence-electron chi connectivity index (χ0n) is 15.9. The number of benzene rings is 2. The van der Waals surface area contributed by atoms with Gasteiger partial charge in [0.2, 0.25) is 5.91 Å². The molecule has 3 aromatic rings. The Morgan fingerprint density at radius 3 is 2.74 bits per heavy atom. The van der Waals surface area contributed by atoms with E-state index < -0.39 is 0 Å². The van der Waals surface area contributed by atoms with Crippen LogP contribution in [0.5, 0.6) is 5.75 Å². The average Bonchev–Trinajstić information content (AvgIpc) is 2.66. The van der Waals surface area contributed by atoms with Gasteiger partial charge in [-0.1, -0.05) is 24.3 Å². The third kappa shape index (κ3) is 4.37. The van der Waals surface area contributed by atoms with Crippen molar-refractivity contribution in [2.24, 2.45) is 0 Å². The molecule has 5 heteroatoms. The van der Waals surface area contributed by atoms with Crippen LogP contribution in [0, 0.1) is 13.8 Å². The minimum Gasteiger partial charge on any atom is -0.497 e. The van der Waals surface area contributed by atoms with Crippen molar-refractivity contribution in [3.05, 3.63) is 75.1 Å². The maximum atomic E-state index is 12.4. The Morgan fingerprint density at radius 2 is 1.96 bits per heavy atom. The third-order valence-corrected chi connectivity index (χ3v) is 4.84. The summed E-state index contributed by atoms with van der Waals surface area (Å²) in [6, 6.07) is 13.4. The predicted octanol–water partition coefficient (Wildman–Crippen LogP) is 3.05. The van der Waals surface area contributed by atoms with Gasteiger partial charge >= 0.3 is 0 Å². The largest absolute Gasteiger partial charge is 0.497 e. The van der Waals surface area contributed by atoms with Gasteiger partial charge in [-0.2, -0.15) is 0 Å². The van der Waals surface area contributed by atoms with Gasteiger partial charge in [0.15, 0.2) is 0 Å². The molecule has 0 atom stereocenters. The van der Waals surface area contributed by atoms with E-state index >= 15 is 0 Å². The van der Waals surface area contributed by atoms with Crippen LogP contribution in [-0.2, 0) is 17.6 Å². The first-order valence-electron chi connectivity index (χ1n) is 8.99. The first-order valence-corrected chi connectivity index (χ1v) is 8.99. The number of carbonyl (C=O) groups excluding carboxylic acids is 1. The fourth-order valence-electron chi connectivity index (χ4n) is 3.12. The van der Waals surface area contributed by atoms with Gasteiger partial charge in [0.25, 0.3) is 5.56 Å². The van der Waals surface area contributed by atoms with E-state index in [-0.39, 0.29) is 17.9 Å². The number of methoxy groups -OCH3 is 1. The van der Waals surface area contributed by atoms with Crippen molar-refractivity contribution in [1.82, 2.24) is 10.3 Å². The van der Waals surface area contributed by atoms with Gasteiger partial charge in [0, 0.05) is 12.1 Å².